The molecule has 3 atom stereocenters. The fourth-order valence-corrected chi connectivity index (χ4v) is 4.91. The number of hydrogen-bond acceptors (Lipinski definition) is 3. The summed E-state index contributed by atoms with van der Waals surface area (Å²) in [4.78, 5) is 0. The summed E-state index contributed by atoms with van der Waals surface area (Å²) in [6.45, 7) is 2.55. The second kappa shape index (κ2) is 5.76. The van der Waals surface area contributed by atoms with Crippen molar-refractivity contribution in [3.05, 3.63) is 0 Å². The molecule has 0 spiro atoms. The Labute approximate surface area is 115 Å². The topological polar surface area (TPSA) is 99.3 Å². The average Bonchev–Trinajstić information content (AvgIpc) is 2.76. The summed E-state index contributed by atoms with van der Waals surface area (Å²) in [7, 11) is -3.45. The van der Waals surface area contributed by atoms with Crippen LogP contribution < -0.4 is 10.5 Å². The Hall–Kier alpha value is -0.660. The van der Waals surface area contributed by atoms with Crippen molar-refractivity contribution in [3.8, 4) is 0 Å². The van der Waals surface area contributed by atoms with Crippen molar-refractivity contribution in [1.82, 2.24) is 9.03 Å². The molecule has 0 aromatic rings. The number of rotatable bonds is 4. The molecule has 1 aliphatic carbocycles. The van der Waals surface area contributed by atoms with E-state index in [0.717, 1.165) is 38.5 Å². The van der Waals surface area contributed by atoms with Gasteiger partial charge in [-0.2, -0.15) is 17.4 Å². The third-order valence-corrected chi connectivity index (χ3v) is 6.03. The van der Waals surface area contributed by atoms with Crippen LogP contribution >= 0.6 is 0 Å². The molecular weight excluding hydrogens is 264 g/mol. The lowest BCUT2D eigenvalue weighted by Gasteiger charge is -2.33. The van der Waals surface area contributed by atoms with Crippen LogP contribution in [0.1, 0.15) is 45.4 Å². The molecule has 0 radical (unpaired) electrons. The maximum Gasteiger partial charge on any atom is 0.279 e. The van der Waals surface area contributed by atoms with Crippen LogP contribution in [0.2, 0.25) is 0 Å². The van der Waals surface area contributed by atoms with Crippen molar-refractivity contribution in [1.29, 1.82) is 5.41 Å². The average molecular weight is 288 g/mol. The molecule has 0 aromatic carbocycles. The van der Waals surface area contributed by atoms with E-state index in [1.165, 1.54) is 0 Å². The van der Waals surface area contributed by atoms with Crippen LogP contribution in [0.3, 0.4) is 0 Å². The Kier molecular flexibility index (Phi) is 4.47. The quantitative estimate of drug-likeness (QED) is 0.527. The summed E-state index contributed by atoms with van der Waals surface area (Å²) in [6.07, 6.45) is 5.43. The van der Waals surface area contributed by atoms with Gasteiger partial charge in [-0.3, -0.25) is 5.41 Å². The smallest absolute Gasteiger partial charge is 0.279 e. The second-order valence-corrected chi connectivity index (χ2v) is 7.33. The number of nitrogens with one attached hydrogen (secondary N) is 2. The van der Waals surface area contributed by atoms with Gasteiger partial charge in [-0.1, -0.05) is 12.8 Å². The highest BCUT2D eigenvalue weighted by Crippen LogP contribution is 2.27. The monoisotopic (exact) mass is 288 g/mol. The first-order valence-corrected chi connectivity index (χ1v) is 8.49. The van der Waals surface area contributed by atoms with E-state index >= 15 is 0 Å². The molecular formula is C12H24N4O2S. The Morgan fingerprint density at radius 2 is 2.00 bits per heavy atom. The summed E-state index contributed by atoms with van der Waals surface area (Å²) >= 11 is 0. The standard InChI is InChI=1S/C12H24N4O2S/c1-9-5-2-3-8-16(9)19(17,18)15-11-7-4-6-10(11)12(13)14/h9-11,15H,2-8H2,1H3,(H3,13,14). The molecule has 19 heavy (non-hydrogen) atoms. The number of nitrogens with two attached hydrogens (primary N) is 1. The van der Waals surface area contributed by atoms with E-state index in [9.17, 15) is 8.42 Å². The third kappa shape index (κ3) is 3.27. The molecule has 2 aliphatic rings. The summed E-state index contributed by atoms with van der Waals surface area (Å²) in [6, 6.07) is -0.153. The van der Waals surface area contributed by atoms with Crippen LogP contribution in [-0.4, -0.2) is 37.2 Å². The van der Waals surface area contributed by atoms with Gasteiger partial charge in [0, 0.05) is 24.5 Å². The predicted octanol–water partition coefficient (Wildman–Crippen LogP) is 0.800. The van der Waals surface area contributed by atoms with Gasteiger partial charge in [0.1, 0.15) is 0 Å². The van der Waals surface area contributed by atoms with E-state index in [1.54, 1.807) is 4.31 Å². The number of nitrogens with zero attached hydrogens (tertiary/aromatic N) is 1. The maximum absolute atomic E-state index is 12.4. The molecule has 6 nitrogen and oxygen atoms in total. The molecule has 2 rings (SSSR count). The zero-order chi connectivity index (χ0) is 14.0. The van der Waals surface area contributed by atoms with Gasteiger partial charge < -0.3 is 5.73 Å². The van der Waals surface area contributed by atoms with Gasteiger partial charge in [0.15, 0.2) is 0 Å². The fraction of sp³-hybridized carbons (Fsp3) is 0.917. The van der Waals surface area contributed by atoms with E-state index in [-0.39, 0.29) is 23.8 Å². The van der Waals surface area contributed by atoms with Gasteiger partial charge in [0.2, 0.25) is 0 Å². The summed E-state index contributed by atoms with van der Waals surface area (Å²) < 4.78 is 29.2. The van der Waals surface area contributed by atoms with Gasteiger partial charge in [0.05, 0.1) is 5.84 Å². The van der Waals surface area contributed by atoms with Crippen molar-refractivity contribution in [3.63, 3.8) is 0 Å². The van der Waals surface area contributed by atoms with Crippen LogP contribution in [0.5, 0.6) is 0 Å². The largest absolute Gasteiger partial charge is 0.387 e. The molecule has 0 aromatic heterocycles. The first kappa shape index (κ1) is 14.7. The number of hydrogen-bond donors (Lipinski definition) is 3. The molecule has 0 bridgehead atoms. The zero-order valence-corrected chi connectivity index (χ0v) is 12.2. The van der Waals surface area contributed by atoms with Crippen molar-refractivity contribution < 1.29 is 8.42 Å². The summed E-state index contributed by atoms with van der Waals surface area (Å²) in [5.74, 6) is -0.0493. The van der Waals surface area contributed by atoms with E-state index in [4.69, 9.17) is 11.1 Å². The lowest BCUT2D eigenvalue weighted by Crippen LogP contribution is -2.52. The zero-order valence-electron chi connectivity index (χ0n) is 11.4. The minimum atomic E-state index is -3.45. The minimum Gasteiger partial charge on any atom is -0.387 e. The Balaban J connectivity index is 2.06. The first-order valence-electron chi connectivity index (χ1n) is 7.05. The molecule has 0 amide bonds. The second-order valence-electron chi connectivity index (χ2n) is 5.68. The lowest BCUT2D eigenvalue weighted by atomic mass is 10.0. The lowest BCUT2D eigenvalue weighted by molar-refractivity contribution is 0.263. The van der Waals surface area contributed by atoms with Crippen molar-refractivity contribution >= 4 is 16.0 Å². The van der Waals surface area contributed by atoms with Gasteiger partial charge in [-0.15, -0.1) is 0 Å². The molecule has 1 saturated carbocycles. The molecule has 1 saturated heterocycles. The Bertz CT molecular complexity index is 437. The maximum atomic E-state index is 12.4. The SMILES string of the molecule is CC1CCCCN1S(=O)(=O)NC1CCCC1C(=N)N. The van der Waals surface area contributed by atoms with E-state index in [1.807, 2.05) is 6.92 Å². The Morgan fingerprint density at radius 3 is 2.63 bits per heavy atom. The number of amidine groups is 1. The van der Waals surface area contributed by atoms with Gasteiger partial charge in [0.25, 0.3) is 10.2 Å². The van der Waals surface area contributed by atoms with Crippen LogP contribution in [-0.2, 0) is 10.2 Å². The summed E-state index contributed by atoms with van der Waals surface area (Å²) in [5, 5.41) is 7.54. The van der Waals surface area contributed by atoms with Crippen LogP contribution in [0.15, 0.2) is 0 Å². The molecule has 7 heteroatoms. The van der Waals surface area contributed by atoms with E-state index < -0.39 is 10.2 Å². The van der Waals surface area contributed by atoms with Crippen molar-refractivity contribution in [2.24, 2.45) is 11.7 Å². The highest BCUT2D eigenvalue weighted by molar-refractivity contribution is 7.87. The highest BCUT2D eigenvalue weighted by Gasteiger charge is 2.36. The van der Waals surface area contributed by atoms with Gasteiger partial charge in [-0.05, 0) is 32.6 Å². The number of piperidine rings is 1. The highest BCUT2D eigenvalue weighted by atomic mass is 32.2. The third-order valence-electron chi connectivity index (χ3n) is 4.27. The normalized spacial score (nSPS) is 33.4. The molecule has 4 N–H and O–H groups in total. The fourth-order valence-electron chi connectivity index (χ4n) is 3.16. The van der Waals surface area contributed by atoms with Crippen molar-refractivity contribution in [2.45, 2.75) is 57.5 Å². The predicted molar refractivity (Wildman–Crippen MR) is 75.1 cm³/mol. The Morgan fingerprint density at radius 1 is 1.26 bits per heavy atom. The molecule has 2 fully saturated rings. The van der Waals surface area contributed by atoms with Gasteiger partial charge in [-0.25, -0.2) is 0 Å². The van der Waals surface area contributed by atoms with Crippen LogP contribution in [0, 0.1) is 11.3 Å². The molecule has 110 valence electrons. The summed E-state index contributed by atoms with van der Waals surface area (Å²) in [5.41, 5.74) is 5.55. The molecule has 1 aliphatic heterocycles. The van der Waals surface area contributed by atoms with Crippen LogP contribution in [0.25, 0.3) is 0 Å². The first-order chi connectivity index (χ1) is 8.92. The van der Waals surface area contributed by atoms with Crippen molar-refractivity contribution in [2.75, 3.05) is 6.54 Å². The van der Waals surface area contributed by atoms with Crippen LogP contribution in [0.4, 0.5) is 0 Å². The molecule has 1 heterocycles. The minimum absolute atomic E-state index is 0.0587. The molecule has 3 unspecified atom stereocenters. The van der Waals surface area contributed by atoms with E-state index in [0.29, 0.717) is 6.54 Å². The van der Waals surface area contributed by atoms with E-state index in [2.05, 4.69) is 4.72 Å². The van der Waals surface area contributed by atoms with Gasteiger partial charge >= 0.3 is 0 Å².